The van der Waals surface area contributed by atoms with E-state index in [2.05, 4.69) is 33.9 Å². The lowest BCUT2D eigenvalue weighted by Crippen LogP contribution is -2.46. The zero-order chi connectivity index (χ0) is 13.3. The fourth-order valence-electron chi connectivity index (χ4n) is 1.58. The van der Waals surface area contributed by atoms with Crippen LogP contribution in [0.1, 0.15) is 20.8 Å². The molecule has 2 atom stereocenters. The van der Waals surface area contributed by atoms with Gasteiger partial charge in [-0.05, 0) is 18.1 Å². The Hall–Kier alpha value is -0.393. The van der Waals surface area contributed by atoms with Crippen molar-refractivity contribution in [1.29, 1.82) is 0 Å². The molecule has 0 N–H and O–H groups in total. The van der Waals surface area contributed by atoms with Crippen molar-refractivity contribution in [3.8, 4) is 0 Å². The van der Waals surface area contributed by atoms with E-state index >= 15 is 0 Å². The molecular formula is C12H24O4Si. The van der Waals surface area contributed by atoms with Gasteiger partial charge >= 0.3 is 5.97 Å². The first-order valence-corrected chi connectivity index (χ1v) is 8.93. The second-order valence-electron chi connectivity index (χ2n) is 6.08. The first kappa shape index (κ1) is 14.7. The first-order valence-electron chi connectivity index (χ1n) is 6.02. The molecule has 0 unspecified atom stereocenters. The van der Waals surface area contributed by atoms with E-state index in [0.717, 1.165) is 0 Å². The van der Waals surface area contributed by atoms with Gasteiger partial charge in [-0.15, -0.1) is 0 Å². The molecule has 1 fully saturated rings. The largest absolute Gasteiger partial charge is 0.469 e. The summed E-state index contributed by atoms with van der Waals surface area (Å²) in [5.74, 6) is -0.500. The van der Waals surface area contributed by atoms with E-state index in [1.165, 1.54) is 7.11 Å². The lowest BCUT2D eigenvalue weighted by molar-refractivity contribution is -0.147. The Morgan fingerprint density at radius 2 is 1.88 bits per heavy atom. The minimum atomic E-state index is -1.86. The van der Waals surface area contributed by atoms with Crippen LogP contribution in [0.3, 0.4) is 0 Å². The van der Waals surface area contributed by atoms with Gasteiger partial charge in [0.2, 0.25) is 0 Å². The Kier molecular flexibility index (Phi) is 4.38. The van der Waals surface area contributed by atoms with Crippen LogP contribution in [-0.2, 0) is 18.7 Å². The van der Waals surface area contributed by atoms with Gasteiger partial charge < -0.3 is 13.9 Å². The highest BCUT2D eigenvalue weighted by molar-refractivity contribution is 6.74. The fourth-order valence-corrected chi connectivity index (χ4v) is 2.92. The van der Waals surface area contributed by atoms with Crippen molar-refractivity contribution in [2.45, 2.75) is 45.0 Å². The first-order chi connectivity index (χ1) is 7.69. The summed E-state index contributed by atoms with van der Waals surface area (Å²) in [6.07, 6.45) is -0.150. The molecule has 5 heteroatoms. The van der Waals surface area contributed by atoms with Crippen LogP contribution in [0.2, 0.25) is 18.1 Å². The molecule has 0 aromatic heterocycles. The third kappa shape index (κ3) is 3.30. The van der Waals surface area contributed by atoms with E-state index in [0.29, 0.717) is 13.2 Å². The third-order valence-corrected chi connectivity index (χ3v) is 8.29. The van der Waals surface area contributed by atoms with Crippen LogP contribution in [0.4, 0.5) is 0 Å². The Morgan fingerprint density at radius 1 is 1.29 bits per heavy atom. The molecule has 0 spiro atoms. The van der Waals surface area contributed by atoms with Crippen LogP contribution < -0.4 is 0 Å². The molecule has 1 rings (SSSR count). The molecule has 0 aromatic rings. The quantitative estimate of drug-likeness (QED) is 0.576. The number of ether oxygens (including phenoxy) is 2. The van der Waals surface area contributed by atoms with Gasteiger partial charge in [0.05, 0.1) is 26.4 Å². The van der Waals surface area contributed by atoms with Gasteiger partial charge in [-0.25, -0.2) is 0 Å². The smallest absolute Gasteiger partial charge is 0.313 e. The Bertz CT molecular complexity index is 283. The molecule has 0 bridgehead atoms. The van der Waals surface area contributed by atoms with E-state index in [4.69, 9.17) is 13.9 Å². The van der Waals surface area contributed by atoms with E-state index < -0.39 is 8.32 Å². The molecule has 4 nitrogen and oxygen atoms in total. The minimum absolute atomic E-state index is 0.135. The van der Waals surface area contributed by atoms with Crippen LogP contribution in [0.15, 0.2) is 0 Å². The normalized spacial score (nSPS) is 26.0. The van der Waals surface area contributed by atoms with Crippen molar-refractivity contribution in [3.05, 3.63) is 0 Å². The van der Waals surface area contributed by atoms with Gasteiger partial charge in [0.15, 0.2) is 8.32 Å². The standard InChI is InChI=1S/C12H24O4Si/c1-12(2,3)17(5,6)16-10-8-15-7-9(10)11(13)14-4/h9-10H,7-8H2,1-6H3/t9-,10-/m0/s1. The molecule has 1 aliphatic rings. The zero-order valence-corrected chi connectivity index (χ0v) is 12.7. The number of rotatable bonds is 3. The van der Waals surface area contributed by atoms with Crippen molar-refractivity contribution in [3.63, 3.8) is 0 Å². The van der Waals surface area contributed by atoms with E-state index in [1.807, 2.05) is 0 Å². The lowest BCUT2D eigenvalue weighted by atomic mass is 10.1. The molecule has 0 radical (unpaired) electrons. The predicted molar refractivity (Wildman–Crippen MR) is 68.4 cm³/mol. The third-order valence-electron chi connectivity index (χ3n) is 3.78. The van der Waals surface area contributed by atoms with Crippen molar-refractivity contribution < 1.29 is 18.7 Å². The molecule has 100 valence electrons. The summed E-state index contributed by atoms with van der Waals surface area (Å²) in [5.41, 5.74) is 0. The minimum Gasteiger partial charge on any atom is -0.469 e. The van der Waals surface area contributed by atoms with Crippen molar-refractivity contribution in [1.82, 2.24) is 0 Å². The summed E-state index contributed by atoms with van der Waals surface area (Å²) in [4.78, 5) is 11.6. The summed E-state index contributed by atoms with van der Waals surface area (Å²) in [7, 11) is -0.451. The van der Waals surface area contributed by atoms with Gasteiger partial charge in [-0.3, -0.25) is 4.79 Å². The molecule has 0 amide bonds. The van der Waals surface area contributed by atoms with Gasteiger partial charge in [0.1, 0.15) is 5.92 Å². The molecule has 0 aromatic carbocycles. The van der Waals surface area contributed by atoms with Crippen molar-refractivity contribution >= 4 is 14.3 Å². The second kappa shape index (κ2) is 5.08. The molecule has 1 aliphatic heterocycles. The average Bonchev–Trinajstić information content (AvgIpc) is 2.62. The maximum absolute atomic E-state index is 11.6. The van der Waals surface area contributed by atoms with E-state index in [1.54, 1.807) is 0 Å². The Balaban J connectivity index is 2.71. The molecule has 0 aliphatic carbocycles. The lowest BCUT2D eigenvalue weighted by Gasteiger charge is -2.38. The molecule has 0 saturated carbocycles. The van der Waals surface area contributed by atoms with Gasteiger partial charge in [0, 0.05) is 0 Å². The number of methoxy groups -OCH3 is 1. The summed E-state index contributed by atoms with van der Waals surface area (Å²) in [6, 6.07) is 0. The van der Waals surface area contributed by atoms with Gasteiger partial charge in [-0.1, -0.05) is 20.8 Å². The van der Waals surface area contributed by atoms with Crippen LogP contribution >= 0.6 is 0 Å². The molecular weight excluding hydrogens is 236 g/mol. The molecule has 1 saturated heterocycles. The number of esters is 1. The van der Waals surface area contributed by atoms with E-state index in [9.17, 15) is 4.79 Å². The monoisotopic (exact) mass is 260 g/mol. The maximum Gasteiger partial charge on any atom is 0.313 e. The highest BCUT2D eigenvalue weighted by Crippen LogP contribution is 2.38. The van der Waals surface area contributed by atoms with E-state index in [-0.39, 0.29) is 23.0 Å². The van der Waals surface area contributed by atoms with Gasteiger partial charge in [0.25, 0.3) is 0 Å². The highest BCUT2D eigenvalue weighted by Gasteiger charge is 2.44. The second-order valence-corrected chi connectivity index (χ2v) is 10.8. The maximum atomic E-state index is 11.6. The number of carbonyl (C=O) groups excluding carboxylic acids is 1. The molecule has 17 heavy (non-hydrogen) atoms. The van der Waals surface area contributed by atoms with Crippen molar-refractivity contribution in [2.75, 3.05) is 20.3 Å². The van der Waals surface area contributed by atoms with Crippen LogP contribution in [-0.4, -0.2) is 40.7 Å². The van der Waals surface area contributed by atoms with Crippen molar-refractivity contribution in [2.24, 2.45) is 5.92 Å². The van der Waals surface area contributed by atoms with Crippen LogP contribution in [0.5, 0.6) is 0 Å². The number of hydrogen-bond donors (Lipinski definition) is 0. The van der Waals surface area contributed by atoms with Crippen LogP contribution in [0.25, 0.3) is 0 Å². The highest BCUT2D eigenvalue weighted by atomic mass is 28.4. The Morgan fingerprint density at radius 3 is 2.35 bits per heavy atom. The Labute approximate surface area is 105 Å². The predicted octanol–water partition coefficient (Wildman–Crippen LogP) is 2.20. The summed E-state index contributed by atoms with van der Waals surface area (Å²) < 4.78 is 16.3. The SMILES string of the molecule is COC(=O)[C@H]1COC[C@@H]1O[Si](C)(C)C(C)(C)C. The zero-order valence-electron chi connectivity index (χ0n) is 11.7. The summed E-state index contributed by atoms with van der Waals surface area (Å²) >= 11 is 0. The average molecular weight is 260 g/mol. The summed E-state index contributed by atoms with van der Waals surface area (Å²) in [6.45, 7) is 11.8. The topological polar surface area (TPSA) is 44.8 Å². The summed E-state index contributed by atoms with van der Waals surface area (Å²) in [5, 5.41) is 0.135. The van der Waals surface area contributed by atoms with Gasteiger partial charge in [-0.2, -0.15) is 0 Å². The number of hydrogen-bond acceptors (Lipinski definition) is 4. The number of carbonyl (C=O) groups is 1. The van der Waals surface area contributed by atoms with Crippen LogP contribution in [0, 0.1) is 5.92 Å². The molecule has 1 heterocycles. The fraction of sp³-hybridized carbons (Fsp3) is 0.917.